The van der Waals surface area contributed by atoms with E-state index in [1.54, 1.807) is 11.3 Å². The van der Waals surface area contributed by atoms with E-state index < -0.39 is 0 Å². The number of hydrogen-bond donors (Lipinski definition) is 1. The predicted octanol–water partition coefficient (Wildman–Crippen LogP) is 3.07. The fourth-order valence-electron chi connectivity index (χ4n) is 1.31. The first kappa shape index (κ1) is 10.7. The second-order valence-electron chi connectivity index (χ2n) is 3.53. The van der Waals surface area contributed by atoms with Crippen LogP contribution in [0.1, 0.15) is 32.3 Å². The Morgan fingerprint density at radius 3 is 3.00 bits per heavy atom. The summed E-state index contributed by atoms with van der Waals surface area (Å²) < 4.78 is 0. The topological polar surface area (TPSA) is 12.0 Å². The normalized spacial score (nSPS) is 13.1. The molecule has 0 bridgehead atoms. The quantitative estimate of drug-likeness (QED) is 0.739. The van der Waals surface area contributed by atoms with Gasteiger partial charge >= 0.3 is 0 Å². The Balaban J connectivity index is 2.11. The molecule has 0 radical (unpaired) electrons. The summed E-state index contributed by atoms with van der Waals surface area (Å²) in [6.07, 6.45) is 3.68. The summed E-state index contributed by atoms with van der Waals surface area (Å²) in [6, 6.07) is 2.87. The Morgan fingerprint density at radius 2 is 2.38 bits per heavy atom. The van der Waals surface area contributed by atoms with E-state index in [1.807, 2.05) is 0 Å². The molecule has 0 aliphatic rings. The van der Waals surface area contributed by atoms with Crippen molar-refractivity contribution in [1.82, 2.24) is 5.32 Å². The third kappa shape index (κ3) is 4.44. The molecule has 0 spiro atoms. The lowest BCUT2D eigenvalue weighted by Gasteiger charge is -2.11. The van der Waals surface area contributed by atoms with Crippen LogP contribution in [0.25, 0.3) is 0 Å². The van der Waals surface area contributed by atoms with E-state index >= 15 is 0 Å². The van der Waals surface area contributed by atoms with Crippen molar-refractivity contribution in [2.75, 3.05) is 6.54 Å². The van der Waals surface area contributed by atoms with Gasteiger partial charge in [-0.05, 0) is 55.1 Å². The second kappa shape index (κ2) is 6.17. The molecule has 1 aromatic rings. The molecule has 74 valence electrons. The SMILES string of the molecule is CCCNC(C)CCc1ccsc1. The maximum absolute atomic E-state index is 3.50. The Bertz CT molecular complexity index is 206. The van der Waals surface area contributed by atoms with Gasteiger partial charge in [0, 0.05) is 6.04 Å². The standard InChI is InChI=1S/C11H19NS/c1-3-7-12-10(2)4-5-11-6-8-13-9-11/h6,8-10,12H,3-5,7H2,1-2H3. The van der Waals surface area contributed by atoms with Gasteiger partial charge in [-0.15, -0.1) is 0 Å². The Hall–Kier alpha value is -0.340. The summed E-state index contributed by atoms with van der Waals surface area (Å²) in [5, 5.41) is 7.89. The van der Waals surface area contributed by atoms with Crippen LogP contribution in [-0.2, 0) is 6.42 Å². The highest BCUT2D eigenvalue weighted by atomic mass is 32.1. The van der Waals surface area contributed by atoms with Crippen molar-refractivity contribution in [3.8, 4) is 0 Å². The molecular formula is C11H19NS. The summed E-state index contributed by atoms with van der Waals surface area (Å²) >= 11 is 1.79. The minimum atomic E-state index is 0.653. The fraction of sp³-hybridized carbons (Fsp3) is 0.636. The molecule has 0 aromatic carbocycles. The number of nitrogens with one attached hydrogen (secondary N) is 1. The Labute approximate surface area is 85.2 Å². The zero-order valence-electron chi connectivity index (χ0n) is 8.55. The van der Waals surface area contributed by atoms with Crippen molar-refractivity contribution in [3.05, 3.63) is 22.4 Å². The van der Waals surface area contributed by atoms with E-state index in [-0.39, 0.29) is 0 Å². The number of hydrogen-bond acceptors (Lipinski definition) is 2. The lowest BCUT2D eigenvalue weighted by atomic mass is 10.1. The van der Waals surface area contributed by atoms with Crippen molar-refractivity contribution in [2.45, 2.75) is 39.2 Å². The van der Waals surface area contributed by atoms with Gasteiger partial charge in [-0.25, -0.2) is 0 Å². The van der Waals surface area contributed by atoms with E-state index in [1.165, 1.54) is 24.8 Å². The minimum absolute atomic E-state index is 0.653. The van der Waals surface area contributed by atoms with Crippen molar-refractivity contribution in [3.63, 3.8) is 0 Å². The molecule has 0 aliphatic heterocycles. The van der Waals surface area contributed by atoms with E-state index in [9.17, 15) is 0 Å². The maximum Gasteiger partial charge on any atom is 0.00418 e. The van der Waals surface area contributed by atoms with Crippen LogP contribution in [0.3, 0.4) is 0 Å². The highest BCUT2D eigenvalue weighted by Gasteiger charge is 2.00. The highest BCUT2D eigenvalue weighted by Crippen LogP contribution is 2.09. The molecule has 13 heavy (non-hydrogen) atoms. The van der Waals surface area contributed by atoms with Gasteiger partial charge in [-0.2, -0.15) is 11.3 Å². The molecule has 1 aromatic heterocycles. The van der Waals surface area contributed by atoms with Crippen LogP contribution in [0, 0.1) is 0 Å². The molecule has 1 N–H and O–H groups in total. The number of thiophene rings is 1. The Morgan fingerprint density at radius 1 is 1.54 bits per heavy atom. The van der Waals surface area contributed by atoms with Gasteiger partial charge in [0.15, 0.2) is 0 Å². The van der Waals surface area contributed by atoms with Crippen LogP contribution in [-0.4, -0.2) is 12.6 Å². The molecule has 0 fully saturated rings. The largest absolute Gasteiger partial charge is 0.314 e. The van der Waals surface area contributed by atoms with Crippen LogP contribution in [0.2, 0.25) is 0 Å². The van der Waals surface area contributed by atoms with E-state index in [2.05, 4.69) is 36.0 Å². The highest BCUT2D eigenvalue weighted by molar-refractivity contribution is 7.07. The molecule has 2 heteroatoms. The molecule has 0 saturated heterocycles. The maximum atomic E-state index is 3.50. The summed E-state index contributed by atoms with van der Waals surface area (Å²) in [7, 11) is 0. The number of aryl methyl sites for hydroxylation is 1. The third-order valence-corrected chi connectivity index (χ3v) is 2.92. The third-order valence-electron chi connectivity index (χ3n) is 2.19. The van der Waals surface area contributed by atoms with Gasteiger partial charge in [0.25, 0.3) is 0 Å². The van der Waals surface area contributed by atoms with Gasteiger partial charge in [0.05, 0.1) is 0 Å². The van der Waals surface area contributed by atoms with Gasteiger partial charge in [-0.1, -0.05) is 6.92 Å². The summed E-state index contributed by atoms with van der Waals surface area (Å²) in [6.45, 7) is 5.62. The fourth-order valence-corrected chi connectivity index (χ4v) is 2.01. The minimum Gasteiger partial charge on any atom is -0.314 e. The molecule has 1 nitrogen and oxygen atoms in total. The van der Waals surface area contributed by atoms with E-state index in [4.69, 9.17) is 0 Å². The van der Waals surface area contributed by atoms with E-state index in [0.29, 0.717) is 6.04 Å². The molecule has 1 unspecified atom stereocenters. The second-order valence-corrected chi connectivity index (χ2v) is 4.31. The van der Waals surface area contributed by atoms with Gasteiger partial charge in [0.1, 0.15) is 0 Å². The van der Waals surface area contributed by atoms with E-state index in [0.717, 1.165) is 6.54 Å². The molecule has 0 saturated carbocycles. The van der Waals surface area contributed by atoms with Crippen molar-refractivity contribution < 1.29 is 0 Å². The molecular weight excluding hydrogens is 178 g/mol. The van der Waals surface area contributed by atoms with Gasteiger partial charge in [-0.3, -0.25) is 0 Å². The average molecular weight is 197 g/mol. The smallest absolute Gasteiger partial charge is 0.00418 e. The molecule has 1 rings (SSSR count). The van der Waals surface area contributed by atoms with Crippen LogP contribution < -0.4 is 5.32 Å². The lowest BCUT2D eigenvalue weighted by Crippen LogP contribution is -2.26. The first-order valence-electron chi connectivity index (χ1n) is 5.07. The van der Waals surface area contributed by atoms with Crippen molar-refractivity contribution in [1.29, 1.82) is 0 Å². The molecule has 0 amide bonds. The molecule has 1 heterocycles. The van der Waals surface area contributed by atoms with Crippen LogP contribution >= 0.6 is 11.3 Å². The summed E-state index contributed by atoms with van der Waals surface area (Å²) in [4.78, 5) is 0. The zero-order chi connectivity index (χ0) is 9.52. The molecule has 0 aliphatic carbocycles. The molecule has 1 atom stereocenters. The average Bonchev–Trinajstić information content (AvgIpc) is 2.64. The zero-order valence-corrected chi connectivity index (χ0v) is 9.36. The first-order valence-corrected chi connectivity index (χ1v) is 6.01. The predicted molar refractivity (Wildman–Crippen MR) is 60.4 cm³/mol. The summed E-state index contributed by atoms with van der Waals surface area (Å²) in [5.74, 6) is 0. The lowest BCUT2D eigenvalue weighted by molar-refractivity contribution is 0.514. The Kier molecular flexibility index (Phi) is 5.09. The first-order chi connectivity index (χ1) is 6.33. The van der Waals surface area contributed by atoms with Crippen LogP contribution in [0.15, 0.2) is 16.8 Å². The van der Waals surface area contributed by atoms with Crippen molar-refractivity contribution >= 4 is 11.3 Å². The van der Waals surface area contributed by atoms with Gasteiger partial charge in [0.2, 0.25) is 0 Å². The van der Waals surface area contributed by atoms with Gasteiger partial charge < -0.3 is 5.32 Å². The monoisotopic (exact) mass is 197 g/mol. The van der Waals surface area contributed by atoms with Crippen LogP contribution in [0.4, 0.5) is 0 Å². The van der Waals surface area contributed by atoms with Crippen LogP contribution in [0.5, 0.6) is 0 Å². The van der Waals surface area contributed by atoms with Crippen molar-refractivity contribution in [2.24, 2.45) is 0 Å². The summed E-state index contributed by atoms with van der Waals surface area (Å²) in [5.41, 5.74) is 1.48. The number of rotatable bonds is 6.